The Kier molecular flexibility index (Phi) is 4.67. The van der Waals surface area contributed by atoms with Gasteiger partial charge >= 0.3 is 0 Å². The molecule has 1 atom stereocenters. The fourth-order valence-electron chi connectivity index (χ4n) is 2.48. The van der Waals surface area contributed by atoms with Gasteiger partial charge in [0.2, 0.25) is 0 Å². The Bertz CT molecular complexity index is 655. The summed E-state index contributed by atoms with van der Waals surface area (Å²) < 4.78 is 50.9. The molecule has 2 rings (SSSR count). The summed E-state index contributed by atoms with van der Waals surface area (Å²) in [5.41, 5.74) is -0.649. The highest BCUT2D eigenvalue weighted by Crippen LogP contribution is 2.24. The predicted octanol–water partition coefficient (Wildman–Crippen LogP) is 2.38. The van der Waals surface area contributed by atoms with Gasteiger partial charge < -0.3 is 4.90 Å². The van der Waals surface area contributed by atoms with Crippen LogP contribution in [0.5, 0.6) is 0 Å². The van der Waals surface area contributed by atoms with Crippen molar-refractivity contribution in [3.63, 3.8) is 0 Å². The summed E-state index contributed by atoms with van der Waals surface area (Å²) in [5, 5.41) is 0. The number of amides is 1. The molecule has 1 aromatic carbocycles. The monoisotopic (exact) mass is 381 g/mol. The molecule has 1 amide bonds. The van der Waals surface area contributed by atoms with Crippen LogP contribution in [-0.4, -0.2) is 43.3 Å². The van der Waals surface area contributed by atoms with Crippen molar-refractivity contribution in [1.29, 1.82) is 0 Å². The van der Waals surface area contributed by atoms with E-state index in [4.69, 9.17) is 0 Å². The lowest BCUT2D eigenvalue weighted by Crippen LogP contribution is -2.41. The summed E-state index contributed by atoms with van der Waals surface area (Å²) in [6, 6.07) is 1.49. The smallest absolute Gasteiger partial charge is 0.260 e. The van der Waals surface area contributed by atoms with E-state index in [2.05, 4.69) is 15.9 Å². The third-order valence-electron chi connectivity index (χ3n) is 3.47. The number of sulfone groups is 1. The quantitative estimate of drug-likeness (QED) is 0.807. The maximum Gasteiger partial charge on any atom is 0.260 e. The Morgan fingerprint density at radius 3 is 2.38 bits per heavy atom. The average Bonchev–Trinajstić information content (AvgIpc) is 2.69. The van der Waals surface area contributed by atoms with Crippen molar-refractivity contribution >= 4 is 31.7 Å². The fourth-order valence-corrected chi connectivity index (χ4v) is 4.61. The summed E-state index contributed by atoms with van der Waals surface area (Å²) in [7, 11) is -3.18. The summed E-state index contributed by atoms with van der Waals surface area (Å²) in [6.07, 6.45) is 0.293. The van der Waals surface area contributed by atoms with Gasteiger partial charge in [0.15, 0.2) is 9.84 Å². The first-order chi connectivity index (χ1) is 9.75. The molecule has 1 fully saturated rings. The Labute approximate surface area is 130 Å². The normalized spacial score (nSPS) is 20.5. The Hall–Kier alpha value is -1.02. The van der Waals surface area contributed by atoms with Crippen molar-refractivity contribution in [2.75, 3.05) is 18.1 Å². The van der Waals surface area contributed by atoms with Crippen LogP contribution in [-0.2, 0) is 9.84 Å². The molecule has 0 aromatic heterocycles. The van der Waals surface area contributed by atoms with Gasteiger partial charge in [0.05, 0.1) is 11.5 Å². The molecule has 8 heteroatoms. The van der Waals surface area contributed by atoms with E-state index in [-0.39, 0.29) is 22.5 Å². The van der Waals surface area contributed by atoms with Crippen molar-refractivity contribution in [2.45, 2.75) is 19.4 Å². The average molecular weight is 382 g/mol. The number of halogens is 3. The number of carbonyl (C=O) groups is 1. The number of benzene rings is 1. The van der Waals surface area contributed by atoms with Crippen LogP contribution in [0.3, 0.4) is 0 Å². The lowest BCUT2D eigenvalue weighted by atomic mass is 10.1. The van der Waals surface area contributed by atoms with Crippen molar-refractivity contribution in [2.24, 2.45) is 0 Å². The van der Waals surface area contributed by atoms with Gasteiger partial charge in [-0.15, -0.1) is 0 Å². The van der Waals surface area contributed by atoms with Crippen molar-refractivity contribution in [3.05, 3.63) is 33.8 Å². The first-order valence-electron chi connectivity index (χ1n) is 6.41. The second-order valence-electron chi connectivity index (χ2n) is 4.89. The standard InChI is InChI=1S/C13H14BrF2NO3S/c1-2-17(9-3-4-21(19,20)7-9)13(18)12-10(15)5-8(14)6-11(12)16/h5-6,9H,2-4,7H2,1H3. The van der Waals surface area contributed by atoms with Crippen LogP contribution in [0, 0.1) is 11.6 Å². The summed E-state index contributed by atoms with van der Waals surface area (Å²) >= 11 is 2.95. The minimum atomic E-state index is -3.18. The van der Waals surface area contributed by atoms with Crippen LogP contribution < -0.4 is 0 Å². The highest BCUT2D eigenvalue weighted by molar-refractivity contribution is 9.10. The zero-order valence-electron chi connectivity index (χ0n) is 11.3. The number of hydrogen-bond acceptors (Lipinski definition) is 3. The van der Waals surface area contributed by atoms with E-state index in [1.54, 1.807) is 6.92 Å². The van der Waals surface area contributed by atoms with Crippen LogP contribution >= 0.6 is 15.9 Å². The van der Waals surface area contributed by atoms with Gasteiger partial charge in [0, 0.05) is 17.1 Å². The zero-order chi connectivity index (χ0) is 15.8. The predicted molar refractivity (Wildman–Crippen MR) is 77.8 cm³/mol. The molecule has 1 aliphatic rings. The van der Waals surface area contributed by atoms with Crippen molar-refractivity contribution in [3.8, 4) is 0 Å². The first kappa shape index (κ1) is 16.4. The topological polar surface area (TPSA) is 54.5 Å². The molecule has 116 valence electrons. The largest absolute Gasteiger partial charge is 0.335 e. The van der Waals surface area contributed by atoms with E-state index >= 15 is 0 Å². The number of rotatable bonds is 3. The van der Waals surface area contributed by atoms with Crippen LogP contribution in [0.25, 0.3) is 0 Å². The Morgan fingerprint density at radius 1 is 1.38 bits per heavy atom. The van der Waals surface area contributed by atoms with Crippen LogP contribution in [0.15, 0.2) is 16.6 Å². The molecule has 0 radical (unpaired) electrons. The van der Waals surface area contributed by atoms with E-state index in [1.165, 1.54) is 4.90 Å². The van der Waals surface area contributed by atoms with Gasteiger partial charge in [-0.3, -0.25) is 4.79 Å². The van der Waals surface area contributed by atoms with Gasteiger partial charge in [-0.25, -0.2) is 17.2 Å². The van der Waals surface area contributed by atoms with Gasteiger partial charge in [-0.1, -0.05) is 15.9 Å². The van der Waals surface area contributed by atoms with Gasteiger partial charge in [0.25, 0.3) is 5.91 Å². The molecule has 21 heavy (non-hydrogen) atoms. The molecule has 1 aromatic rings. The molecule has 1 aliphatic heterocycles. The molecule has 1 saturated heterocycles. The van der Waals surface area contributed by atoms with Gasteiger partial charge in [-0.2, -0.15) is 0 Å². The SMILES string of the molecule is CCN(C(=O)c1c(F)cc(Br)cc1F)C1CCS(=O)(=O)C1. The fraction of sp³-hybridized carbons (Fsp3) is 0.462. The molecular weight excluding hydrogens is 368 g/mol. The zero-order valence-corrected chi connectivity index (χ0v) is 13.7. The first-order valence-corrected chi connectivity index (χ1v) is 9.02. The van der Waals surface area contributed by atoms with Crippen LogP contribution in [0.4, 0.5) is 8.78 Å². The molecule has 4 nitrogen and oxygen atoms in total. The van der Waals surface area contributed by atoms with Crippen molar-refractivity contribution in [1.82, 2.24) is 4.90 Å². The third kappa shape index (κ3) is 3.42. The Morgan fingerprint density at radius 2 is 1.95 bits per heavy atom. The summed E-state index contributed by atoms with van der Waals surface area (Å²) in [5.74, 6) is -2.92. The lowest BCUT2D eigenvalue weighted by Gasteiger charge is -2.27. The minimum Gasteiger partial charge on any atom is -0.335 e. The van der Waals surface area contributed by atoms with Crippen LogP contribution in [0.1, 0.15) is 23.7 Å². The second kappa shape index (κ2) is 6.00. The third-order valence-corrected chi connectivity index (χ3v) is 5.68. The summed E-state index contributed by atoms with van der Waals surface area (Å²) in [6.45, 7) is 1.84. The minimum absolute atomic E-state index is 0.00719. The van der Waals surface area contributed by atoms with E-state index in [1.807, 2.05) is 0 Å². The molecule has 0 N–H and O–H groups in total. The number of hydrogen-bond donors (Lipinski definition) is 0. The lowest BCUT2D eigenvalue weighted by molar-refractivity contribution is 0.0698. The molecule has 0 aliphatic carbocycles. The van der Waals surface area contributed by atoms with E-state index in [9.17, 15) is 22.0 Å². The van der Waals surface area contributed by atoms with E-state index in [0.29, 0.717) is 6.42 Å². The maximum atomic E-state index is 13.9. The Balaban J connectivity index is 2.34. The highest BCUT2D eigenvalue weighted by atomic mass is 79.9. The molecular formula is C13H14BrF2NO3S. The van der Waals surface area contributed by atoms with Gasteiger partial charge in [-0.05, 0) is 25.5 Å². The molecule has 0 spiro atoms. The van der Waals surface area contributed by atoms with Gasteiger partial charge in [0.1, 0.15) is 17.2 Å². The van der Waals surface area contributed by atoms with E-state index in [0.717, 1.165) is 12.1 Å². The van der Waals surface area contributed by atoms with Crippen LogP contribution in [0.2, 0.25) is 0 Å². The highest BCUT2D eigenvalue weighted by Gasteiger charge is 2.35. The number of carbonyl (C=O) groups excluding carboxylic acids is 1. The second-order valence-corrected chi connectivity index (χ2v) is 8.04. The molecule has 1 heterocycles. The molecule has 0 saturated carbocycles. The summed E-state index contributed by atoms with van der Waals surface area (Å²) in [4.78, 5) is 13.6. The maximum absolute atomic E-state index is 13.9. The molecule has 1 unspecified atom stereocenters. The number of nitrogens with zero attached hydrogens (tertiary/aromatic N) is 1. The van der Waals surface area contributed by atoms with Crippen molar-refractivity contribution < 1.29 is 22.0 Å². The molecule has 0 bridgehead atoms. The van der Waals surface area contributed by atoms with E-state index < -0.39 is 39.0 Å².